The molecule has 0 aromatic rings. The van der Waals surface area contributed by atoms with Gasteiger partial charge in [0.15, 0.2) is 0 Å². The summed E-state index contributed by atoms with van der Waals surface area (Å²) in [4.78, 5) is 0. The maximum absolute atomic E-state index is 9.75. The van der Waals surface area contributed by atoms with Gasteiger partial charge in [-0.1, -0.05) is 20.8 Å². The lowest BCUT2D eigenvalue weighted by molar-refractivity contribution is 0.368. The monoisotopic (exact) mass is 178 g/mol. The van der Waals surface area contributed by atoms with Crippen molar-refractivity contribution < 1.29 is 18.7 Å². The van der Waals surface area contributed by atoms with Crippen LogP contribution in [0.15, 0.2) is 0 Å². The molecule has 0 radical (unpaired) electrons. The molecule has 0 bridgehead atoms. The fraction of sp³-hybridized carbons (Fsp3) is 1.00. The Bertz CT molecular complexity index is 65.1. The summed E-state index contributed by atoms with van der Waals surface area (Å²) in [5.74, 6) is 0. The van der Waals surface area contributed by atoms with Crippen LogP contribution in [-0.2, 0) is 0 Å². The third kappa shape index (κ3) is 9260. The molecule has 0 aliphatic heterocycles. The normalized spacial score (nSPS) is 12.0. The van der Waals surface area contributed by atoms with Crippen molar-refractivity contribution in [2.75, 3.05) is 0 Å². The highest BCUT2D eigenvalue weighted by Gasteiger charge is 2.20. The minimum atomic E-state index is -6.00. The van der Waals surface area contributed by atoms with E-state index < -0.39 is 7.25 Å². The van der Waals surface area contributed by atoms with Crippen molar-refractivity contribution in [1.82, 2.24) is 0 Å². The summed E-state index contributed by atoms with van der Waals surface area (Å²) in [6, 6.07) is 0. The van der Waals surface area contributed by atoms with Crippen molar-refractivity contribution in [2.24, 2.45) is 0 Å². The van der Waals surface area contributed by atoms with Gasteiger partial charge in [0.25, 0.3) is 0 Å². The highest BCUT2D eigenvalue weighted by molar-refractivity contribution is 7.18. The fourth-order valence-corrected chi connectivity index (χ4v) is 0. The van der Waals surface area contributed by atoms with E-state index in [-0.39, 0.29) is 1.43 Å². The molecule has 0 heterocycles. The summed E-state index contributed by atoms with van der Waals surface area (Å²) < 4.78 is 39.0. The van der Waals surface area contributed by atoms with Crippen LogP contribution in [0.1, 0.15) is 22.2 Å². The molecular weight excluding hydrogens is 166 g/mol. The highest BCUT2D eigenvalue weighted by Crippen LogP contribution is 2.12. The Labute approximate surface area is 62.2 Å². The van der Waals surface area contributed by atoms with E-state index in [2.05, 4.69) is 30.0 Å². The first kappa shape index (κ1) is 12.9. The van der Waals surface area contributed by atoms with Gasteiger partial charge >= 0.3 is 8.68 Å². The largest absolute Gasteiger partial charge is 1.00 e. The second-order valence-electron chi connectivity index (χ2n) is 2.86. The summed E-state index contributed by atoms with van der Waals surface area (Å²) in [6.45, 7) is 6.45. The van der Waals surface area contributed by atoms with Gasteiger partial charge in [-0.05, 0) is 5.16 Å². The predicted molar refractivity (Wildman–Crippen MR) is 40.8 cm³/mol. The number of hydrogen-bond acceptors (Lipinski definition) is 0. The molecule has 0 fully saturated rings. The van der Waals surface area contributed by atoms with E-state index in [0.717, 1.165) is 0 Å². The van der Waals surface area contributed by atoms with E-state index in [1.165, 1.54) is 0 Å². The minimum Gasteiger partial charge on any atom is -0.418 e. The molecule has 0 saturated carbocycles. The number of halogens is 4. The van der Waals surface area contributed by atoms with Crippen LogP contribution in [0.5, 0.6) is 0 Å². The molecule has 0 amide bonds. The lowest BCUT2D eigenvalue weighted by atomic mass is 10.3. The van der Waals surface area contributed by atoms with Crippen LogP contribution in [-0.4, -0.2) is 12.4 Å². The van der Waals surface area contributed by atoms with Crippen LogP contribution in [0.2, 0.25) is 0 Å². The van der Waals surface area contributed by atoms with E-state index in [4.69, 9.17) is 0 Å². The zero-order valence-corrected chi connectivity index (χ0v) is 7.32. The quantitative estimate of drug-likeness (QED) is 0.303. The van der Waals surface area contributed by atoms with Crippen LogP contribution >= 0.6 is 9.24 Å². The molecule has 1 unspecified atom stereocenters. The van der Waals surface area contributed by atoms with E-state index in [1.54, 1.807) is 0 Å². The van der Waals surface area contributed by atoms with E-state index in [0.29, 0.717) is 5.16 Å². The molecule has 64 valence electrons. The molecule has 0 aromatic heterocycles. The minimum absolute atomic E-state index is 0. The Hall–Kier alpha value is 0.215. The van der Waals surface area contributed by atoms with Gasteiger partial charge in [-0.3, -0.25) is 0 Å². The third-order valence-electron chi connectivity index (χ3n) is 0. The lowest BCUT2D eigenvalue weighted by Gasteiger charge is -2.05. The van der Waals surface area contributed by atoms with Crippen molar-refractivity contribution in [3.05, 3.63) is 0 Å². The van der Waals surface area contributed by atoms with Gasteiger partial charge in [-0.25, -0.2) is 0 Å². The van der Waals surface area contributed by atoms with Gasteiger partial charge in [0.1, 0.15) is 0 Å². The van der Waals surface area contributed by atoms with Gasteiger partial charge in [-0.15, -0.1) is 9.24 Å². The van der Waals surface area contributed by atoms with Gasteiger partial charge in [0, 0.05) is 0 Å². The van der Waals surface area contributed by atoms with E-state index in [1.807, 2.05) is 0 Å². The van der Waals surface area contributed by atoms with E-state index >= 15 is 0 Å². The van der Waals surface area contributed by atoms with Crippen LogP contribution < -0.4 is 0 Å². The van der Waals surface area contributed by atoms with E-state index in [9.17, 15) is 17.3 Å². The molecular formula is C4H12BF4P. The molecule has 1 atom stereocenters. The van der Waals surface area contributed by atoms with Crippen molar-refractivity contribution >= 4 is 16.5 Å². The molecule has 0 nitrogen and oxygen atoms in total. The van der Waals surface area contributed by atoms with Crippen LogP contribution in [0.4, 0.5) is 17.3 Å². The van der Waals surface area contributed by atoms with Gasteiger partial charge in [0.05, 0.1) is 0 Å². The smallest absolute Gasteiger partial charge is 0.418 e. The highest BCUT2D eigenvalue weighted by atomic mass is 31.0. The predicted octanol–water partition coefficient (Wildman–Crippen LogP) is 3.07. The maximum Gasteiger partial charge on any atom is 1.00 e. The number of hydrogen-bond donors (Lipinski definition) is 0. The molecule has 6 heteroatoms. The topological polar surface area (TPSA) is 0 Å². The van der Waals surface area contributed by atoms with Gasteiger partial charge in [0.2, 0.25) is 0 Å². The Morgan fingerprint density at radius 3 is 1.10 bits per heavy atom. The lowest BCUT2D eigenvalue weighted by Crippen LogP contribution is -2.02. The second kappa shape index (κ2) is 4.17. The fourth-order valence-electron chi connectivity index (χ4n) is 0. The Morgan fingerprint density at radius 1 is 1.10 bits per heavy atom. The summed E-state index contributed by atoms with van der Waals surface area (Å²) >= 11 is 0. The van der Waals surface area contributed by atoms with Crippen molar-refractivity contribution in [3.63, 3.8) is 0 Å². The van der Waals surface area contributed by atoms with Crippen LogP contribution in [0, 0.1) is 0 Å². The standard InChI is InChI=1S/C4H11P.BF4/c1-4(2,3)5;2-1(3,4)5/h5H2,1-3H3;/q;-1/p+1. The zero-order chi connectivity index (χ0) is 9.00. The SMILES string of the molecule is CC(C)(C)P.F[B-](F)(F)F.[H+]. The molecule has 0 rings (SSSR count). The first-order valence-corrected chi connectivity index (χ1v) is 3.24. The first-order chi connectivity index (χ1) is 4.00. The summed E-state index contributed by atoms with van der Waals surface area (Å²) in [5, 5.41) is 0.417. The Kier molecular flexibility index (Phi) is 5.36. The molecule has 0 spiro atoms. The average molecular weight is 178 g/mol. The third-order valence-corrected chi connectivity index (χ3v) is 0. The molecule has 0 saturated heterocycles. The van der Waals surface area contributed by atoms with Crippen molar-refractivity contribution in [2.45, 2.75) is 25.9 Å². The molecule has 0 N–H and O–H groups in total. The maximum atomic E-state index is 9.75. The van der Waals surface area contributed by atoms with Crippen molar-refractivity contribution in [1.29, 1.82) is 0 Å². The van der Waals surface area contributed by atoms with Crippen LogP contribution in [0.3, 0.4) is 0 Å². The molecule has 0 aliphatic rings. The Balaban J connectivity index is -0.000000107. The first-order valence-electron chi connectivity index (χ1n) is 2.66. The van der Waals surface area contributed by atoms with Crippen LogP contribution in [0.25, 0.3) is 0 Å². The van der Waals surface area contributed by atoms with Gasteiger partial charge in [-0.2, -0.15) is 0 Å². The zero-order valence-electron chi connectivity index (χ0n) is 7.17. The summed E-state index contributed by atoms with van der Waals surface area (Å²) in [6.07, 6.45) is 0. The summed E-state index contributed by atoms with van der Waals surface area (Å²) in [7, 11) is -3.28. The molecule has 10 heavy (non-hydrogen) atoms. The summed E-state index contributed by atoms with van der Waals surface area (Å²) in [5.41, 5.74) is 0. The second-order valence-corrected chi connectivity index (χ2v) is 4.59. The Morgan fingerprint density at radius 2 is 1.10 bits per heavy atom. The van der Waals surface area contributed by atoms with Crippen molar-refractivity contribution in [3.8, 4) is 0 Å². The average Bonchev–Trinajstić information content (AvgIpc) is 1.12. The molecule has 0 aromatic carbocycles. The molecule has 0 aliphatic carbocycles. The van der Waals surface area contributed by atoms with Gasteiger partial charge < -0.3 is 17.3 Å². The number of rotatable bonds is 0.